The van der Waals surface area contributed by atoms with E-state index in [-0.39, 0.29) is 5.91 Å². The van der Waals surface area contributed by atoms with Crippen molar-refractivity contribution in [3.8, 4) is 0 Å². The van der Waals surface area contributed by atoms with Gasteiger partial charge in [-0.05, 0) is 23.6 Å². The average Bonchev–Trinajstić information content (AvgIpc) is 2.70. The van der Waals surface area contributed by atoms with E-state index < -0.39 is 0 Å². The number of nitrogens with one attached hydrogen (secondary N) is 2. The zero-order valence-electron chi connectivity index (χ0n) is 15.9. The molecule has 1 amide bonds. The highest BCUT2D eigenvalue weighted by atomic mass is 16.5. The minimum absolute atomic E-state index is 0.216. The molecule has 0 spiro atoms. The number of ether oxygens (including phenoxy) is 1. The third-order valence-electron chi connectivity index (χ3n) is 4.56. The first-order valence-corrected chi connectivity index (χ1v) is 9.39. The third-order valence-corrected chi connectivity index (χ3v) is 4.56. The normalized spacial score (nSPS) is 14.9. The van der Waals surface area contributed by atoms with Crippen LogP contribution in [0.4, 0.5) is 11.6 Å². The van der Waals surface area contributed by atoms with Gasteiger partial charge in [0.25, 0.3) is 5.91 Å². The number of anilines is 2. The highest BCUT2D eigenvalue weighted by Gasteiger charge is 2.11. The highest BCUT2D eigenvalue weighted by Crippen LogP contribution is 2.17. The van der Waals surface area contributed by atoms with E-state index in [0.29, 0.717) is 17.4 Å². The maximum Gasteiger partial charge on any atom is 0.258 e. The van der Waals surface area contributed by atoms with Crippen LogP contribution >= 0.6 is 0 Å². The van der Waals surface area contributed by atoms with Gasteiger partial charge < -0.3 is 15.4 Å². The van der Waals surface area contributed by atoms with Gasteiger partial charge in [0, 0.05) is 44.3 Å². The van der Waals surface area contributed by atoms with Crippen molar-refractivity contribution in [2.24, 2.45) is 0 Å². The predicted molar refractivity (Wildman–Crippen MR) is 106 cm³/mol. The van der Waals surface area contributed by atoms with Crippen LogP contribution in [0.15, 0.2) is 36.7 Å². The number of carbonyl (C=O) groups excluding carboxylic acids is 1. The molecule has 1 aromatic carbocycles. The Morgan fingerprint density at radius 3 is 2.44 bits per heavy atom. The van der Waals surface area contributed by atoms with E-state index in [1.165, 1.54) is 5.56 Å². The molecule has 0 saturated carbocycles. The number of rotatable bonds is 7. The quantitative estimate of drug-likeness (QED) is 0.781. The molecule has 0 bridgehead atoms. The second-order valence-corrected chi connectivity index (χ2v) is 6.91. The van der Waals surface area contributed by atoms with E-state index in [2.05, 4.69) is 39.3 Å². The first kappa shape index (κ1) is 19.3. The summed E-state index contributed by atoms with van der Waals surface area (Å²) in [6, 6.07) is 7.88. The second-order valence-electron chi connectivity index (χ2n) is 6.91. The van der Waals surface area contributed by atoms with Crippen molar-refractivity contribution in [2.45, 2.75) is 19.8 Å². The lowest BCUT2D eigenvalue weighted by Crippen LogP contribution is -2.39. The van der Waals surface area contributed by atoms with E-state index in [4.69, 9.17) is 4.74 Å². The zero-order chi connectivity index (χ0) is 19.1. The van der Waals surface area contributed by atoms with Crippen molar-refractivity contribution in [1.82, 2.24) is 14.9 Å². The molecule has 144 valence electrons. The molecule has 27 heavy (non-hydrogen) atoms. The van der Waals surface area contributed by atoms with Crippen LogP contribution in [0.25, 0.3) is 0 Å². The molecule has 0 unspecified atom stereocenters. The SMILES string of the molecule is CC(C)c1ccc(NC(=O)c2cnc(NCCN3CCOCC3)nc2)cc1. The van der Waals surface area contributed by atoms with E-state index in [9.17, 15) is 4.79 Å². The number of morpholine rings is 1. The highest BCUT2D eigenvalue weighted by molar-refractivity contribution is 6.03. The van der Waals surface area contributed by atoms with Crippen molar-refractivity contribution in [2.75, 3.05) is 50.0 Å². The summed E-state index contributed by atoms with van der Waals surface area (Å²) < 4.78 is 5.33. The van der Waals surface area contributed by atoms with E-state index in [1.54, 1.807) is 12.4 Å². The summed E-state index contributed by atoms with van der Waals surface area (Å²) in [6.45, 7) is 9.46. The molecule has 3 rings (SSSR count). The molecule has 7 heteroatoms. The molecule has 1 aromatic heterocycles. The molecule has 2 N–H and O–H groups in total. The minimum atomic E-state index is -0.216. The molecule has 0 radical (unpaired) electrons. The van der Waals surface area contributed by atoms with Gasteiger partial charge in [-0.15, -0.1) is 0 Å². The predicted octanol–water partition coefficient (Wildman–Crippen LogP) is 2.60. The monoisotopic (exact) mass is 369 g/mol. The average molecular weight is 369 g/mol. The second kappa shape index (κ2) is 9.43. The largest absolute Gasteiger partial charge is 0.379 e. The number of benzene rings is 1. The van der Waals surface area contributed by atoms with Gasteiger partial charge in [-0.1, -0.05) is 26.0 Å². The Morgan fingerprint density at radius 2 is 1.81 bits per heavy atom. The molecular formula is C20H27N5O2. The smallest absolute Gasteiger partial charge is 0.258 e. The Morgan fingerprint density at radius 1 is 1.15 bits per heavy atom. The fraction of sp³-hybridized carbons (Fsp3) is 0.450. The van der Waals surface area contributed by atoms with Gasteiger partial charge in [0.15, 0.2) is 0 Å². The number of hydrogen-bond acceptors (Lipinski definition) is 6. The van der Waals surface area contributed by atoms with Gasteiger partial charge in [0.1, 0.15) is 0 Å². The minimum Gasteiger partial charge on any atom is -0.379 e. The molecule has 7 nitrogen and oxygen atoms in total. The maximum absolute atomic E-state index is 12.3. The first-order valence-electron chi connectivity index (χ1n) is 9.39. The van der Waals surface area contributed by atoms with Crippen LogP contribution in [0.3, 0.4) is 0 Å². The van der Waals surface area contributed by atoms with Gasteiger partial charge in [-0.25, -0.2) is 9.97 Å². The summed E-state index contributed by atoms with van der Waals surface area (Å²) in [5, 5.41) is 6.06. The Bertz CT molecular complexity index is 725. The molecular weight excluding hydrogens is 342 g/mol. The fourth-order valence-electron chi connectivity index (χ4n) is 2.84. The lowest BCUT2D eigenvalue weighted by molar-refractivity contribution is 0.0398. The van der Waals surface area contributed by atoms with E-state index in [1.807, 2.05) is 24.3 Å². The van der Waals surface area contributed by atoms with Crippen molar-refractivity contribution >= 4 is 17.5 Å². The number of carbonyl (C=O) groups is 1. The number of hydrogen-bond donors (Lipinski definition) is 2. The van der Waals surface area contributed by atoms with Crippen LogP contribution in [-0.2, 0) is 4.74 Å². The van der Waals surface area contributed by atoms with Crippen LogP contribution in [0.2, 0.25) is 0 Å². The molecule has 2 heterocycles. The maximum atomic E-state index is 12.3. The van der Waals surface area contributed by atoms with Crippen LogP contribution in [0.1, 0.15) is 35.7 Å². The summed E-state index contributed by atoms with van der Waals surface area (Å²) in [4.78, 5) is 23.1. The number of amides is 1. The Balaban J connectivity index is 1.47. The third kappa shape index (κ3) is 5.74. The lowest BCUT2D eigenvalue weighted by atomic mass is 10.0. The topological polar surface area (TPSA) is 79.4 Å². The Kier molecular flexibility index (Phi) is 6.73. The summed E-state index contributed by atoms with van der Waals surface area (Å²) in [5.74, 6) is 0.778. The van der Waals surface area contributed by atoms with Crippen molar-refractivity contribution in [3.05, 3.63) is 47.8 Å². The molecule has 0 aliphatic carbocycles. The van der Waals surface area contributed by atoms with Crippen LogP contribution in [0.5, 0.6) is 0 Å². The van der Waals surface area contributed by atoms with Crippen LogP contribution in [0, 0.1) is 0 Å². The van der Waals surface area contributed by atoms with Crippen molar-refractivity contribution < 1.29 is 9.53 Å². The van der Waals surface area contributed by atoms with E-state index >= 15 is 0 Å². The molecule has 1 aliphatic rings. The molecule has 0 atom stereocenters. The van der Waals surface area contributed by atoms with Crippen molar-refractivity contribution in [1.29, 1.82) is 0 Å². The number of aromatic nitrogens is 2. The van der Waals surface area contributed by atoms with E-state index in [0.717, 1.165) is 45.1 Å². The summed E-state index contributed by atoms with van der Waals surface area (Å²) in [6.07, 6.45) is 3.09. The Hall–Kier alpha value is -2.51. The molecule has 1 fully saturated rings. The zero-order valence-corrected chi connectivity index (χ0v) is 15.9. The fourth-order valence-corrected chi connectivity index (χ4v) is 2.84. The standard InChI is InChI=1S/C20H27N5O2/c1-15(2)16-3-5-18(6-4-16)24-19(26)17-13-22-20(23-14-17)21-7-8-25-9-11-27-12-10-25/h3-6,13-15H,7-12H2,1-2H3,(H,24,26)(H,21,22,23). The van der Waals surface area contributed by atoms with Crippen LogP contribution < -0.4 is 10.6 Å². The molecule has 1 saturated heterocycles. The van der Waals surface area contributed by atoms with Crippen LogP contribution in [-0.4, -0.2) is 60.2 Å². The van der Waals surface area contributed by atoms with Gasteiger partial charge in [-0.2, -0.15) is 0 Å². The van der Waals surface area contributed by atoms with Gasteiger partial charge in [0.05, 0.1) is 18.8 Å². The van der Waals surface area contributed by atoms with Gasteiger partial charge in [-0.3, -0.25) is 9.69 Å². The van der Waals surface area contributed by atoms with Gasteiger partial charge in [0.2, 0.25) is 5.95 Å². The van der Waals surface area contributed by atoms with Crippen molar-refractivity contribution in [3.63, 3.8) is 0 Å². The lowest BCUT2D eigenvalue weighted by Gasteiger charge is -2.26. The summed E-state index contributed by atoms with van der Waals surface area (Å²) in [5.41, 5.74) is 2.43. The molecule has 1 aliphatic heterocycles. The van der Waals surface area contributed by atoms with Gasteiger partial charge >= 0.3 is 0 Å². The first-order chi connectivity index (χ1) is 13.1. The number of nitrogens with zero attached hydrogens (tertiary/aromatic N) is 3. The molecule has 2 aromatic rings. The summed E-state index contributed by atoms with van der Waals surface area (Å²) >= 11 is 0. The Labute approximate surface area is 160 Å². The summed E-state index contributed by atoms with van der Waals surface area (Å²) in [7, 11) is 0.